The van der Waals surface area contributed by atoms with Gasteiger partial charge in [-0.15, -0.1) is 6.58 Å². The fourth-order valence-corrected chi connectivity index (χ4v) is 9.07. The Bertz CT molecular complexity index is 1620. The lowest BCUT2D eigenvalue weighted by molar-refractivity contribution is -0.144. The Balaban J connectivity index is 1.55. The second-order valence-corrected chi connectivity index (χ2v) is 18.5. The van der Waals surface area contributed by atoms with E-state index in [1.807, 2.05) is 27.7 Å². The molecule has 14 nitrogen and oxygen atoms in total. The number of hydrogen-bond donors (Lipinski definition) is 4. The van der Waals surface area contributed by atoms with Crippen LogP contribution >= 0.6 is 0 Å². The van der Waals surface area contributed by atoms with E-state index in [-0.39, 0.29) is 53.6 Å². The first kappa shape index (κ1) is 41.9. The molecular weight excluding hydrogens is 699 g/mol. The van der Waals surface area contributed by atoms with E-state index in [1.54, 1.807) is 17.0 Å². The van der Waals surface area contributed by atoms with Crippen LogP contribution in [0.15, 0.2) is 42.1 Å². The monoisotopic (exact) mass is 757 g/mol. The summed E-state index contributed by atoms with van der Waals surface area (Å²) in [6.07, 6.45) is 7.92. The van der Waals surface area contributed by atoms with Crippen molar-refractivity contribution >= 4 is 39.6 Å². The number of carbonyl (C=O) groups is 5. The standard InChI is InChI=1S/C38H59N7O7S/c1-9-16-26(32(46)34(48)40-20-10-2)41-33(47)31-29-25(38(29,6)7)22-45(31)35(49)30(24-17-12-11-13-18-24)43-36(50)42-27(37(3,4)5)23-44(8)53(51,52)28-19-14-15-21-39-28/h10,14-15,19,21,24-27,29-31H,2,9,11-13,16-18,20,22-23H2,1,3-8H3,(H,40,48)(H,41,47)(H2,42,43,50)/t25-,26?,27+,29-,30-,31-/m0/s1. The highest BCUT2D eigenvalue weighted by molar-refractivity contribution is 7.89. The first-order valence-corrected chi connectivity index (χ1v) is 20.3. The van der Waals surface area contributed by atoms with Crippen molar-refractivity contribution in [3.05, 3.63) is 37.1 Å². The van der Waals surface area contributed by atoms with Gasteiger partial charge in [-0.3, -0.25) is 19.2 Å². The van der Waals surface area contributed by atoms with Gasteiger partial charge in [0.25, 0.3) is 15.9 Å². The van der Waals surface area contributed by atoms with E-state index in [0.29, 0.717) is 13.0 Å². The van der Waals surface area contributed by atoms with Crippen molar-refractivity contribution in [1.29, 1.82) is 0 Å². The zero-order valence-electron chi connectivity index (χ0n) is 32.3. The van der Waals surface area contributed by atoms with Crippen LogP contribution in [0.5, 0.6) is 0 Å². The molecule has 0 spiro atoms. The lowest BCUT2D eigenvalue weighted by Gasteiger charge is -2.38. The van der Waals surface area contributed by atoms with E-state index in [2.05, 4.69) is 46.7 Å². The van der Waals surface area contributed by atoms with Crippen molar-refractivity contribution in [1.82, 2.24) is 35.5 Å². The summed E-state index contributed by atoms with van der Waals surface area (Å²) in [4.78, 5) is 73.8. The maximum atomic E-state index is 14.7. The van der Waals surface area contributed by atoms with Crippen molar-refractivity contribution in [3.63, 3.8) is 0 Å². The minimum Gasteiger partial charge on any atom is -0.346 e. The maximum absolute atomic E-state index is 14.7. The Hall–Kier alpha value is -3.85. The molecule has 2 saturated carbocycles. The summed E-state index contributed by atoms with van der Waals surface area (Å²) in [6, 6.07) is 0.514. The lowest BCUT2D eigenvalue weighted by Crippen LogP contribution is -2.61. The van der Waals surface area contributed by atoms with Crippen LogP contribution in [0, 0.1) is 28.6 Å². The van der Waals surface area contributed by atoms with Gasteiger partial charge < -0.3 is 26.2 Å². The zero-order chi connectivity index (χ0) is 39.3. The molecule has 1 aromatic rings. The number of sulfonamides is 1. The quantitative estimate of drug-likeness (QED) is 0.146. The van der Waals surface area contributed by atoms with Crippen LogP contribution in [0.3, 0.4) is 0 Å². The second-order valence-electron chi connectivity index (χ2n) is 16.5. The van der Waals surface area contributed by atoms with Gasteiger partial charge in [0.1, 0.15) is 12.1 Å². The molecule has 294 valence electrons. The number of carbonyl (C=O) groups excluding carboxylic acids is 5. The van der Waals surface area contributed by atoms with Crippen molar-refractivity contribution in [2.45, 2.75) is 116 Å². The van der Waals surface area contributed by atoms with Crippen LogP contribution in [0.2, 0.25) is 0 Å². The summed E-state index contributed by atoms with van der Waals surface area (Å²) in [6.45, 7) is 15.6. The van der Waals surface area contributed by atoms with Crippen LogP contribution in [0.4, 0.5) is 4.79 Å². The molecule has 1 unspecified atom stereocenters. The molecule has 15 heteroatoms. The average Bonchev–Trinajstić information content (AvgIpc) is 3.42. The number of urea groups is 1. The molecular formula is C38H59N7O7S. The number of nitrogens with zero attached hydrogens (tertiary/aromatic N) is 3. The number of likely N-dealkylation sites (N-methyl/N-ethyl adjacent to an activating group) is 1. The minimum absolute atomic E-state index is 0.0477. The number of ketones is 1. The number of Topliss-reactive ketones (excluding diaryl/α,β-unsaturated/α-hetero) is 1. The largest absolute Gasteiger partial charge is 0.346 e. The van der Waals surface area contributed by atoms with Crippen LogP contribution in [0.1, 0.15) is 86.5 Å². The molecule has 1 aliphatic heterocycles. The molecule has 5 amide bonds. The molecule has 0 radical (unpaired) electrons. The molecule has 0 bridgehead atoms. The van der Waals surface area contributed by atoms with Gasteiger partial charge in [-0.25, -0.2) is 18.2 Å². The number of amides is 5. The number of likely N-dealkylation sites (tertiary alicyclic amines) is 1. The molecule has 2 aliphatic carbocycles. The predicted molar refractivity (Wildman–Crippen MR) is 201 cm³/mol. The van der Waals surface area contributed by atoms with Gasteiger partial charge >= 0.3 is 6.03 Å². The van der Waals surface area contributed by atoms with E-state index in [4.69, 9.17) is 0 Å². The Morgan fingerprint density at radius 2 is 1.75 bits per heavy atom. The SMILES string of the molecule is C=CCNC(=O)C(=O)C(CCC)NC(=O)[C@@H]1[C@@H]2[C@H](CN1C(=O)[C@@H](NC(=O)N[C@H](CN(C)S(=O)(=O)c1ccccn1)C(C)(C)C)C1CCCCC1)C2(C)C. The zero-order valence-corrected chi connectivity index (χ0v) is 33.1. The van der Waals surface area contributed by atoms with E-state index in [0.717, 1.165) is 36.4 Å². The minimum atomic E-state index is -3.94. The third kappa shape index (κ3) is 9.64. The fourth-order valence-electron chi connectivity index (χ4n) is 7.96. The van der Waals surface area contributed by atoms with Gasteiger partial charge in [0.05, 0.1) is 6.04 Å². The Kier molecular flexibility index (Phi) is 13.5. The average molecular weight is 758 g/mol. The highest BCUT2D eigenvalue weighted by Gasteiger charge is 2.69. The number of fused-ring (bicyclic) bond motifs is 1. The molecule has 3 aliphatic rings. The van der Waals surface area contributed by atoms with Crippen LogP contribution < -0.4 is 21.3 Å². The number of hydrogen-bond acceptors (Lipinski definition) is 8. The molecule has 3 fully saturated rings. The van der Waals surface area contributed by atoms with E-state index < -0.39 is 63.2 Å². The summed E-state index contributed by atoms with van der Waals surface area (Å²) in [5.41, 5.74) is -0.785. The van der Waals surface area contributed by atoms with Crippen LogP contribution in [-0.4, -0.2) is 103 Å². The molecule has 6 atom stereocenters. The van der Waals surface area contributed by atoms with Crippen molar-refractivity contribution in [2.24, 2.45) is 28.6 Å². The summed E-state index contributed by atoms with van der Waals surface area (Å²) in [5, 5.41) is 11.1. The van der Waals surface area contributed by atoms with Gasteiger partial charge in [-0.05, 0) is 60.0 Å². The van der Waals surface area contributed by atoms with Gasteiger partial charge in [0, 0.05) is 38.9 Å². The molecule has 1 aromatic heterocycles. The van der Waals surface area contributed by atoms with E-state index in [1.165, 1.54) is 25.4 Å². The Morgan fingerprint density at radius 3 is 2.34 bits per heavy atom. The molecule has 1 saturated heterocycles. The summed E-state index contributed by atoms with van der Waals surface area (Å²) in [5.74, 6) is -2.68. The van der Waals surface area contributed by atoms with Crippen molar-refractivity contribution in [3.8, 4) is 0 Å². The smallest absolute Gasteiger partial charge is 0.315 e. The summed E-state index contributed by atoms with van der Waals surface area (Å²) < 4.78 is 27.7. The Morgan fingerprint density at radius 1 is 1.08 bits per heavy atom. The predicted octanol–water partition coefficient (Wildman–Crippen LogP) is 3.00. The molecule has 4 N–H and O–H groups in total. The third-order valence-electron chi connectivity index (χ3n) is 11.4. The van der Waals surface area contributed by atoms with Gasteiger partial charge in [-0.1, -0.05) is 79.4 Å². The number of piperidine rings is 1. The topological polar surface area (TPSA) is 187 Å². The molecule has 0 aromatic carbocycles. The third-order valence-corrected chi connectivity index (χ3v) is 13.1. The van der Waals surface area contributed by atoms with Crippen molar-refractivity contribution in [2.75, 3.05) is 26.7 Å². The number of rotatable bonds is 16. The maximum Gasteiger partial charge on any atom is 0.315 e. The number of aromatic nitrogens is 1. The first-order chi connectivity index (χ1) is 24.9. The lowest BCUT2D eigenvalue weighted by atomic mass is 9.83. The fraction of sp³-hybridized carbons (Fsp3) is 0.684. The first-order valence-electron chi connectivity index (χ1n) is 18.8. The normalized spacial score (nSPS) is 22.9. The van der Waals surface area contributed by atoms with Crippen LogP contribution in [0.25, 0.3) is 0 Å². The molecule has 2 heterocycles. The summed E-state index contributed by atoms with van der Waals surface area (Å²) in [7, 11) is -2.50. The highest BCUT2D eigenvalue weighted by atomic mass is 32.2. The second kappa shape index (κ2) is 17.1. The van der Waals surface area contributed by atoms with Crippen molar-refractivity contribution < 1.29 is 32.4 Å². The molecule has 53 heavy (non-hydrogen) atoms. The Labute approximate surface area is 314 Å². The number of nitrogens with one attached hydrogen (secondary N) is 4. The summed E-state index contributed by atoms with van der Waals surface area (Å²) >= 11 is 0. The number of pyridine rings is 1. The van der Waals surface area contributed by atoms with Gasteiger partial charge in [0.15, 0.2) is 5.03 Å². The highest BCUT2D eigenvalue weighted by Crippen LogP contribution is 2.65. The van der Waals surface area contributed by atoms with Crippen LogP contribution in [-0.2, 0) is 29.2 Å². The van der Waals surface area contributed by atoms with E-state index >= 15 is 0 Å². The van der Waals surface area contributed by atoms with Gasteiger partial charge in [0.2, 0.25) is 17.6 Å². The van der Waals surface area contributed by atoms with E-state index in [9.17, 15) is 32.4 Å². The molecule has 4 rings (SSSR count). The van der Waals surface area contributed by atoms with Gasteiger partial charge in [-0.2, -0.15) is 4.31 Å².